The van der Waals surface area contributed by atoms with Gasteiger partial charge in [-0.05, 0) is 123 Å². The molecular formula is C36H42ClGaN6O8. The number of carboxylic acid groups (broad SMARTS) is 2. The van der Waals surface area contributed by atoms with E-state index in [0.717, 1.165) is 72.6 Å². The van der Waals surface area contributed by atoms with Gasteiger partial charge < -0.3 is 63.9 Å². The molecule has 8 bridgehead atoms. The molecule has 0 saturated heterocycles. The van der Waals surface area contributed by atoms with Crippen LogP contribution in [0.5, 0.6) is 0 Å². The molecule has 2 aliphatic rings. The smallest absolute Gasteiger partial charge is 1.00 e. The zero-order valence-electron chi connectivity index (χ0n) is 29.5. The summed E-state index contributed by atoms with van der Waals surface area (Å²) < 4.78 is 0. The number of nitrogens with zero attached hydrogens (tertiary/aromatic N) is 2. The Labute approximate surface area is 319 Å². The van der Waals surface area contributed by atoms with Gasteiger partial charge in [-0.2, -0.15) is 0 Å². The molecule has 5 heterocycles. The van der Waals surface area contributed by atoms with E-state index in [1.165, 1.54) is 0 Å². The van der Waals surface area contributed by atoms with E-state index in [1.54, 1.807) is 0 Å². The van der Waals surface area contributed by atoms with Crippen LogP contribution in [0, 0.1) is 13.8 Å². The molecule has 0 aromatic carbocycles. The zero-order chi connectivity index (χ0) is 37.1. The summed E-state index contributed by atoms with van der Waals surface area (Å²) in [4.78, 5) is 58.5. The largest absolute Gasteiger partial charge is 3.00 e. The van der Waals surface area contributed by atoms with E-state index in [0.29, 0.717) is 5.69 Å². The minimum absolute atomic E-state index is 0. The molecule has 0 unspecified atom stereocenters. The number of aromatic amines is 2. The molecular weight excluding hydrogens is 750 g/mol. The zero-order valence-corrected chi connectivity index (χ0v) is 32.6. The molecule has 274 valence electrons. The normalized spacial score (nSPS) is 11.5. The summed E-state index contributed by atoms with van der Waals surface area (Å²) in [6.07, 6.45) is 2.47. The second-order valence-electron chi connectivity index (χ2n) is 11.8. The van der Waals surface area contributed by atoms with Crippen molar-refractivity contribution in [2.45, 2.75) is 66.2 Å². The summed E-state index contributed by atoms with van der Waals surface area (Å²) in [7, 11) is 0. The number of aliphatic hydroxyl groups is 2. The first-order chi connectivity index (χ1) is 23.6. The van der Waals surface area contributed by atoms with Gasteiger partial charge in [0.2, 0.25) is 11.8 Å². The van der Waals surface area contributed by atoms with E-state index < -0.39 is 23.8 Å². The molecule has 14 nitrogen and oxygen atoms in total. The molecule has 2 amide bonds. The number of nitrogens with two attached hydrogens (primary N) is 2. The molecule has 52 heavy (non-hydrogen) atoms. The van der Waals surface area contributed by atoms with Crippen LogP contribution >= 0.6 is 0 Å². The van der Waals surface area contributed by atoms with E-state index in [9.17, 15) is 29.4 Å². The summed E-state index contributed by atoms with van der Waals surface area (Å²) in [6.45, 7) is 7.64. The molecule has 8 N–H and O–H groups in total. The number of halogens is 1. The average Bonchev–Trinajstić information content (AvgIpc) is 3.71. The fraction of sp³-hybridized carbons (Fsp3) is 0.333. The Balaban J connectivity index is 0.000000837. The number of hydrogen-bond acceptors (Lipinski definition) is 10. The second kappa shape index (κ2) is 21.0. The van der Waals surface area contributed by atoms with Crippen LogP contribution in [0.3, 0.4) is 0 Å². The van der Waals surface area contributed by atoms with Crippen LogP contribution in [0.15, 0.2) is 30.3 Å². The summed E-state index contributed by atoms with van der Waals surface area (Å²) >= 11 is 0. The van der Waals surface area contributed by atoms with Crippen LogP contribution in [0.2, 0.25) is 0 Å². The molecule has 5 rings (SSSR count). The van der Waals surface area contributed by atoms with Crippen molar-refractivity contribution in [1.29, 1.82) is 0 Å². The Hall–Kier alpha value is -4.67. The number of nitrogens with one attached hydrogen (secondary N) is 2. The van der Waals surface area contributed by atoms with Crippen LogP contribution in [-0.2, 0) is 25.6 Å². The monoisotopic (exact) mass is 790 g/mol. The number of carbonyl (C=O) groups excluding carboxylic acids is 4. The number of H-pyrrole nitrogens is 2. The number of aliphatic hydroxyl groups excluding tert-OH is 2. The third kappa shape index (κ3) is 12.8. The van der Waals surface area contributed by atoms with Crippen molar-refractivity contribution >= 4 is 88.4 Å². The van der Waals surface area contributed by atoms with Gasteiger partial charge in [0.25, 0.3) is 0 Å². The van der Waals surface area contributed by atoms with Crippen LogP contribution in [0.4, 0.5) is 0 Å². The number of hydrogen-bond donors (Lipinski definition) is 6. The maximum atomic E-state index is 11.3. The van der Waals surface area contributed by atoms with Gasteiger partial charge in [-0.15, -0.1) is 0 Å². The van der Waals surface area contributed by atoms with Crippen LogP contribution in [0.25, 0.3) is 44.9 Å². The molecule has 3 aromatic heterocycles. The molecule has 0 spiro atoms. The number of amides is 2. The standard InChI is InChI=1S/C30H30N4O4.2C3H7NO2.ClH.Ga/c1-15-9-20-12-25-17(3)21(5-7-29(35)36)27(33-25)14-28-22(6-8-30(37)38)18(4)26(34-28)13-24-16(2)10-19(32-24)11-23(15)31-20;2*4-3(6)1-2-5;;/h9-14,32-33H,5-8H2,1-4H3,(H,35,36)(H,37,38);2*5H,1-2H2,(H2,4,6);1H;/q;;;;+3/p-3. The van der Waals surface area contributed by atoms with Crippen molar-refractivity contribution in [3.05, 3.63) is 69.8 Å². The van der Waals surface area contributed by atoms with E-state index in [4.69, 9.17) is 20.2 Å². The Kier molecular flexibility index (Phi) is 18.3. The van der Waals surface area contributed by atoms with E-state index >= 15 is 0 Å². The first-order valence-corrected chi connectivity index (χ1v) is 15.9. The van der Waals surface area contributed by atoms with Crippen molar-refractivity contribution in [1.82, 2.24) is 19.9 Å². The third-order valence-corrected chi connectivity index (χ3v) is 7.95. The van der Waals surface area contributed by atoms with E-state index in [2.05, 4.69) is 27.5 Å². The molecule has 0 saturated carbocycles. The van der Waals surface area contributed by atoms with E-state index in [-0.39, 0.29) is 83.9 Å². The maximum absolute atomic E-state index is 11.3. The van der Waals surface area contributed by atoms with Gasteiger partial charge in [-0.25, -0.2) is 9.97 Å². The predicted molar refractivity (Wildman–Crippen MR) is 192 cm³/mol. The molecule has 3 aromatic rings. The minimum atomic E-state index is -1.13. The molecule has 0 aliphatic carbocycles. The quantitative estimate of drug-likeness (QED) is 0.123. The van der Waals surface area contributed by atoms with E-state index in [1.807, 2.05) is 58.0 Å². The summed E-state index contributed by atoms with van der Waals surface area (Å²) in [5, 5.41) is 38.5. The maximum Gasteiger partial charge on any atom is 3.00 e. The van der Waals surface area contributed by atoms with Crippen LogP contribution in [-0.4, -0.2) is 86.9 Å². The number of rotatable bonds is 10. The topological polar surface area (TPSA) is 264 Å². The van der Waals surface area contributed by atoms with Gasteiger partial charge in [0, 0.05) is 46.8 Å². The molecule has 16 heteroatoms. The van der Waals surface area contributed by atoms with Crippen molar-refractivity contribution in [2.24, 2.45) is 11.5 Å². The second-order valence-corrected chi connectivity index (χ2v) is 11.8. The third-order valence-electron chi connectivity index (χ3n) is 7.95. The Morgan fingerprint density at radius 3 is 1.83 bits per heavy atom. The van der Waals surface area contributed by atoms with Gasteiger partial charge in [-0.1, -0.05) is 0 Å². The molecule has 2 aliphatic heterocycles. The fourth-order valence-electron chi connectivity index (χ4n) is 5.32. The van der Waals surface area contributed by atoms with Crippen molar-refractivity contribution < 1.29 is 52.0 Å². The van der Waals surface area contributed by atoms with Crippen molar-refractivity contribution in [3.8, 4) is 0 Å². The average molecular weight is 792 g/mol. The van der Waals surface area contributed by atoms with Crippen molar-refractivity contribution in [3.63, 3.8) is 0 Å². The number of fused-ring (bicyclic) bond motifs is 8. The molecule has 0 radical (unpaired) electrons. The fourth-order valence-corrected chi connectivity index (χ4v) is 5.32. The molecule has 0 atom stereocenters. The number of aryl methyl sites for hydroxylation is 3. The number of primary amides is 2. The first-order valence-electron chi connectivity index (χ1n) is 15.9. The summed E-state index contributed by atoms with van der Waals surface area (Å²) in [6, 6.07) is 9.88. The van der Waals surface area contributed by atoms with Crippen LogP contribution < -0.4 is 34.1 Å². The predicted octanol–water partition coefficient (Wildman–Crippen LogP) is -2.03. The van der Waals surface area contributed by atoms with Gasteiger partial charge in [0.1, 0.15) is 0 Å². The summed E-state index contributed by atoms with van der Waals surface area (Å²) in [5.74, 6) is -3.17. The number of carbonyl (C=O) groups is 4. The summed E-state index contributed by atoms with van der Waals surface area (Å²) in [5.41, 5.74) is 21.2. The SMILES string of the molecule is CC1=Cc2cc3[nH]c(cc4nc(cc5[nH]c(cc1n2)cc5C)C(C)=C4CCC(=O)[O-])c(CCC(=O)[O-])c3C.NC(=O)CCO.NC(=O)CCO.[Cl-].[Ga+3]. The van der Waals surface area contributed by atoms with Gasteiger partial charge >= 0.3 is 19.8 Å². The number of aromatic nitrogens is 4. The Morgan fingerprint density at radius 2 is 1.29 bits per heavy atom. The van der Waals surface area contributed by atoms with Crippen molar-refractivity contribution in [2.75, 3.05) is 13.2 Å². The van der Waals surface area contributed by atoms with Gasteiger partial charge in [0.05, 0.1) is 36.0 Å². The van der Waals surface area contributed by atoms with Gasteiger partial charge in [-0.3, -0.25) is 9.59 Å². The first kappa shape index (κ1) is 45.3. The number of aliphatic carboxylic acids is 2. The molecule has 0 fully saturated rings. The number of carboxylic acids is 2. The minimum Gasteiger partial charge on any atom is -1.00 e. The van der Waals surface area contributed by atoms with Crippen LogP contribution in [0.1, 0.15) is 85.4 Å². The Bertz CT molecular complexity index is 2000. The number of allylic oxidation sites excluding steroid dienone is 3. The van der Waals surface area contributed by atoms with Gasteiger partial charge in [0.15, 0.2) is 0 Å². The Morgan fingerprint density at radius 1 is 0.712 bits per heavy atom.